The molecular weight excluding hydrogens is 307 g/mol. The lowest BCUT2D eigenvalue weighted by molar-refractivity contribution is 0.0805. The number of nitrogens with zero attached hydrogens (tertiary/aromatic N) is 1. The van der Waals surface area contributed by atoms with Crippen LogP contribution in [0.15, 0.2) is 42.5 Å². The number of hydrogen-bond donors (Lipinski definition) is 2. The van der Waals surface area contributed by atoms with E-state index >= 15 is 0 Å². The van der Waals surface area contributed by atoms with E-state index in [0.717, 1.165) is 6.42 Å². The average Bonchev–Trinajstić information content (AvgIpc) is 3.25. The fourth-order valence-electron chi connectivity index (χ4n) is 3.55. The van der Waals surface area contributed by atoms with Gasteiger partial charge in [0.25, 0.3) is 0 Å². The number of halogens is 1. The number of aliphatic hydroxyl groups excluding tert-OH is 1. The van der Waals surface area contributed by atoms with Crippen LogP contribution in [0.1, 0.15) is 24.3 Å². The zero-order chi connectivity index (χ0) is 16.7. The first-order valence-corrected chi connectivity index (χ1v) is 8.42. The molecule has 24 heavy (non-hydrogen) atoms. The molecule has 0 bridgehead atoms. The molecule has 0 unspecified atom stereocenters. The van der Waals surface area contributed by atoms with Gasteiger partial charge in [-0.1, -0.05) is 42.5 Å². The van der Waals surface area contributed by atoms with E-state index in [9.17, 15) is 9.18 Å². The molecule has 4 nitrogen and oxygen atoms in total. The molecule has 1 saturated carbocycles. The summed E-state index contributed by atoms with van der Waals surface area (Å²) in [5.74, 6) is 0.328. The fraction of sp³-hybridized carbons (Fsp3) is 0.421. The summed E-state index contributed by atoms with van der Waals surface area (Å²) in [6, 6.07) is 14.5. The predicted molar refractivity (Wildman–Crippen MR) is 90.7 cm³/mol. The zero-order valence-corrected chi connectivity index (χ0v) is 13.4. The van der Waals surface area contributed by atoms with Crippen molar-refractivity contribution >= 4 is 16.8 Å². The Morgan fingerprint density at radius 3 is 2.83 bits per heavy atom. The molecule has 2 fully saturated rings. The van der Waals surface area contributed by atoms with Gasteiger partial charge in [-0.25, -0.2) is 9.18 Å². The van der Waals surface area contributed by atoms with Crippen LogP contribution in [-0.2, 0) is 0 Å². The first-order valence-electron chi connectivity index (χ1n) is 8.42. The lowest BCUT2D eigenvalue weighted by Gasteiger charge is -2.19. The largest absolute Gasteiger partial charge is 0.393 e. The van der Waals surface area contributed by atoms with E-state index < -0.39 is 12.3 Å². The molecule has 1 aliphatic carbocycles. The lowest BCUT2D eigenvalue weighted by Crippen LogP contribution is -2.42. The Bertz CT molecular complexity index is 781. The van der Waals surface area contributed by atoms with Gasteiger partial charge in [0.2, 0.25) is 0 Å². The first kappa shape index (κ1) is 15.4. The molecule has 3 atom stereocenters. The van der Waals surface area contributed by atoms with Crippen LogP contribution < -0.4 is 5.32 Å². The van der Waals surface area contributed by atoms with Crippen molar-refractivity contribution in [2.75, 3.05) is 19.7 Å². The van der Waals surface area contributed by atoms with Gasteiger partial charge in [-0.2, -0.15) is 0 Å². The van der Waals surface area contributed by atoms with E-state index in [0.29, 0.717) is 12.5 Å². The van der Waals surface area contributed by atoms with Crippen molar-refractivity contribution in [1.29, 1.82) is 0 Å². The van der Waals surface area contributed by atoms with Gasteiger partial charge in [0.05, 0.1) is 13.2 Å². The smallest absolute Gasteiger partial charge is 0.317 e. The quantitative estimate of drug-likeness (QED) is 0.910. The highest BCUT2D eigenvalue weighted by Crippen LogP contribution is 2.42. The molecule has 0 radical (unpaired) electrons. The maximum absolute atomic E-state index is 14.0. The maximum atomic E-state index is 14.0. The maximum Gasteiger partial charge on any atom is 0.317 e. The van der Waals surface area contributed by atoms with E-state index in [1.165, 1.54) is 21.2 Å². The molecule has 0 aromatic heterocycles. The number of carbonyl (C=O) groups excluding carboxylic acids is 1. The number of nitrogens with one attached hydrogen (secondary N) is 1. The van der Waals surface area contributed by atoms with E-state index in [4.69, 9.17) is 5.11 Å². The minimum atomic E-state index is -1.64. The molecule has 2 amide bonds. The van der Waals surface area contributed by atoms with Gasteiger partial charge in [-0.05, 0) is 22.8 Å². The van der Waals surface area contributed by atoms with Crippen LogP contribution in [0.3, 0.4) is 0 Å². The highest BCUT2D eigenvalue weighted by atomic mass is 19.1. The van der Waals surface area contributed by atoms with Crippen molar-refractivity contribution in [2.45, 2.75) is 30.5 Å². The number of benzene rings is 2. The third kappa shape index (κ3) is 2.84. The number of hydrogen-bond acceptors (Lipinski definition) is 2. The van der Waals surface area contributed by atoms with E-state index in [1.807, 2.05) is 12.1 Å². The number of likely N-dealkylation sites (tertiary alicyclic amines) is 1. The van der Waals surface area contributed by atoms with Gasteiger partial charge >= 0.3 is 6.03 Å². The van der Waals surface area contributed by atoms with Crippen molar-refractivity contribution in [3.63, 3.8) is 0 Å². The second-order valence-corrected chi connectivity index (χ2v) is 6.99. The molecule has 0 spiro atoms. The van der Waals surface area contributed by atoms with Crippen molar-refractivity contribution < 1.29 is 14.3 Å². The van der Waals surface area contributed by atoms with Crippen LogP contribution in [0.5, 0.6) is 0 Å². The monoisotopic (exact) mass is 328 g/mol. The van der Waals surface area contributed by atoms with Gasteiger partial charge < -0.3 is 15.3 Å². The third-order valence-corrected chi connectivity index (χ3v) is 5.18. The van der Waals surface area contributed by atoms with Gasteiger partial charge in [0.1, 0.15) is 0 Å². The van der Waals surface area contributed by atoms with Crippen LogP contribution in [0.2, 0.25) is 0 Å². The molecule has 1 saturated heterocycles. The van der Waals surface area contributed by atoms with E-state index in [2.05, 4.69) is 35.6 Å². The fourth-order valence-corrected chi connectivity index (χ4v) is 3.55. The third-order valence-electron chi connectivity index (χ3n) is 5.18. The number of fused-ring (bicyclic) bond motifs is 1. The molecule has 5 heteroatoms. The summed E-state index contributed by atoms with van der Waals surface area (Å²) in [4.78, 5) is 13.7. The highest BCUT2D eigenvalue weighted by molar-refractivity contribution is 5.83. The Balaban J connectivity index is 1.38. The molecule has 2 aromatic carbocycles. The summed E-state index contributed by atoms with van der Waals surface area (Å²) < 4.78 is 14.0. The summed E-state index contributed by atoms with van der Waals surface area (Å²) in [7, 11) is 0. The van der Waals surface area contributed by atoms with E-state index in [-0.39, 0.29) is 25.0 Å². The molecule has 2 N–H and O–H groups in total. The molecular formula is C19H21FN2O2. The van der Waals surface area contributed by atoms with Crippen molar-refractivity contribution in [1.82, 2.24) is 10.2 Å². The number of rotatable bonds is 3. The average molecular weight is 328 g/mol. The summed E-state index contributed by atoms with van der Waals surface area (Å²) in [5.41, 5.74) is -0.408. The van der Waals surface area contributed by atoms with E-state index in [1.54, 1.807) is 0 Å². The number of carbonyl (C=O) groups is 1. The summed E-state index contributed by atoms with van der Waals surface area (Å²) in [6.07, 6.45) is 1.12. The Morgan fingerprint density at radius 2 is 2.08 bits per heavy atom. The predicted octanol–water partition coefficient (Wildman–Crippen LogP) is 2.81. The van der Waals surface area contributed by atoms with Crippen LogP contribution >= 0.6 is 0 Å². The molecule has 1 aliphatic heterocycles. The highest BCUT2D eigenvalue weighted by Gasteiger charge is 2.43. The summed E-state index contributed by atoms with van der Waals surface area (Å²) >= 11 is 0. The molecule has 2 aliphatic rings. The topological polar surface area (TPSA) is 52.6 Å². The van der Waals surface area contributed by atoms with Crippen molar-refractivity contribution in [2.24, 2.45) is 0 Å². The second-order valence-electron chi connectivity index (χ2n) is 6.99. The molecule has 1 heterocycles. The number of aliphatic hydroxyl groups is 1. The number of amides is 2. The van der Waals surface area contributed by atoms with Gasteiger partial charge in [-0.15, -0.1) is 0 Å². The zero-order valence-electron chi connectivity index (χ0n) is 13.4. The molecule has 2 aromatic rings. The first-order chi connectivity index (χ1) is 11.6. The Morgan fingerprint density at radius 1 is 1.29 bits per heavy atom. The van der Waals surface area contributed by atoms with Gasteiger partial charge in [-0.3, -0.25) is 0 Å². The lowest BCUT2D eigenvalue weighted by atomic mass is 10.0. The summed E-state index contributed by atoms with van der Waals surface area (Å²) in [5, 5.41) is 14.5. The van der Waals surface area contributed by atoms with Crippen molar-refractivity contribution in [3.05, 3.63) is 48.0 Å². The number of urea groups is 1. The van der Waals surface area contributed by atoms with Crippen LogP contribution in [0.4, 0.5) is 9.18 Å². The normalized spacial score (nSPS) is 29.0. The van der Waals surface area contributed by atoms with Crippen LogP contribution in [0.25, 0.3) is 10.8 Å². The van der Waals surface area contributed by atoms with Gasteiger partial charge in [0, 0.05) is 24.9 Å². The molecule has 4 rings (SSSR count). The second kappa shape index (κ2) is 5.74. The Labute approximate surface area is 140 Å². The van der Waals surface area contributed by atoms with Crippen LogP contribution in [-0.4, -0.2) is 47.4 Å². The Hall–Kier alpha value is -2.14. The summed E-state index contributed by atoms with van der Waals surface area (Å²) in [6.45, 7) is -0.196. The minimum Gasteiger partial charge on any atom is -0.393 e. The SMILES string of the molecule is O=C(N[C@@H]1C[C@H]1c1ccc2ccccc2c1)N1CC[C@](F)(CO)C1. The minimum absolute atomic E-state index is 0.0251. The number of alkyl halides is 1. The standard InChI is InChI=1S/C19H21FN2O2/c20-19(12-23)7-8-22(11-19)18(24)21-17-10-16(17)15-6-5-13-3-1-2-4-14(13)9-15/h1-6,9,16-17,23H,7-8,10-12H2,(H,21,24)/t16-,17+,19+/m0/s1. The van der Waals surface area contributed by atoms with Crippen LogP contribution in [0, 0.1) is 0 Å². The Kier molecular flexibility index (Phi) is 3.68. The van der Waals surface area contributed by atoms with Gasteiger partial charge in [0.15, 0.2) is 5.67 Å². The molecule has 126 valence electrons. The van der Waals surface area contributed by atoms with Crippen molar-refractivity contribution in [3.8, 4) is 0 Å².